The zero-order chi connectivity index (χ0) is 5.70. The molecule has 3 heteroatoms. The average molecular weight is 137 g/mol. The maximum atomic E-state index is 9.99. The van der Waals surface area contributed by atoms with Crippen molar-refractivity contribution in [3.63, 3.8) is 0 Å². The van der Waals surface area contributed by atoms with Crippen LogP contribution in [0.1, 0.15) is 0 Å². The first kappa shape index (κ1) is 7.66. The van der Waals surface area contributed by atoms with E-state index in [-0.39, 0.29) is 12.5 Å². The van der Waals surface area contributed by atoms with Gasteiger partial charge in [-0.05, 0) is 11.5 Å². The predicted molar refractivity (Wildman–Crippen MR) is 36.7 cm³/mol. The molecule has 0 unspecified atom stereocenters. The molecule has 0 rings (SSSR count). The van der Waals surface area contributed by atoms with E-state index in [2.05, 4.69) is 25.3 Å². The van der Waals surface area contributed by atoms with Crippen LogP contribution in [0.2, 0.25) is 0 Å². The molecule has 0 aliphatic heterocycles. The van der Waals surface area contributed by atoms with E-state index in [0.29, 0.717) is 11.5 Å². The molecule has 0 saturated carbocycles. The van der Waals surface area contributed by atoms with Crippen molar-refractivity contribution in [2.45, 2.75) is 0 Å². The maximum Gasteiger partial charge on any atom is 0.0866 e. The van der Waals surface area contributed by atoms with Crippen LogP contribution >= 0.6 is 25.3 Å². The van der Waals surface area contributed by atoms with E-state index >= 15 is 0 Å². The SMILES string of the molecule is [O]CC(CS)CS. The van der Waals surface area contributed by atoms with E-state index in [0.717, 1.165) is 0 Å². The van der Waals surface area contributed by atoms with Crippen molar-refractivity contribution < 1.29 is 5.11 Å². The number of rotatable bonds is 3. The molecule has 0 aromatic rings. The average Bonchev–Trinajstić information content (AvgIpc) is 1.72. The number of thiol groups is 2. The highest BCUT2D eigenvalue weighted by Crippen LogP contribution is 1.98. The molecule has 0 saturated heterocycles. The molecule has 0 amide bonds. The van der Waals surface area contributed by atoms with E-state index in [4.69, 9.17) is 0 Å². The molecule has 1 nitrogen and oxygen atoms in total. The second-order valence-corrected chi connectivity index (χ2v) is 2.13. The summed E-state index contributed by atoms with van der Waals surface area (Å²) in [6.45, 7) is -0.0486. The smallest absolute Gasteiger partial charge is 0.0866 e. The van der Waals surface area contributed by atoms with Gasteiger partial charge in [-0.25, -0.2) is 5.11 Å². The zero-order valence-electron chi connectivity index (χ0n) is 4.00. The molecule has 0 fully saturated rings. The Bertz CT molecular complexity index is 31.2. The topological polar surface area (TPSA) is 19.9 Å². The van der Waals surface area contributed by atoms with Crippen LogP contribution < -0.4 is 0 Å². The second kappa shape index (κ2) is 4.81. The fourth-order valence-electron chi connectivity index (χ4n) is 0.163. The monoisotopic (exact) mass is 137 g/mol. The standard InChI is InChI=1S/C4H9OS2/c5-1-4(2-6)3-7/h4,6-7H,1-3H2. The third kappa shape index (κ3) is 3.26. The Morgan fingerprint density at radius 3 is 1.71 bits per heavy atom. The molecule has 0 aromatic carbocycles. The van der Waals surface area contributed by atoms with Gasteiger partial charge in [-0.3, -0.25) is 0 Å². The van der Waals surface area contributed by atoms with Crippen LogP contribution in [0.15, 0.2) is 0 Å². The zero-order valence-corrected chi connectivity index (χ0v) is 5.79. The van der Waals surface area contributed by atoms with Gasteiger partial charge in [0.2, 0.25) is 0 Å². The molecule has 7 heavy (non-hydrogen) atoms. The summed E-state index contributed by atoms with van der Waals surface area (Å²) < 4.78 is 0. The molecule has 0 aromatic heterocycles. The van der Waals surface area contributed by atoms with Crippen molar-refractivity contribution in [3.8, 4) is 0 Å². The van der Waals surface area contributed by atoms with Gasteiger partial charge < -0.3 is 0 Å². The summed E-state index contributed by atoms with van der Waals surface area (Å²) in [5.74, 6) is 1.48. The summed E-state index contributed by atoms with van der Waals surface area (Å²) in [7, 11) is 0. The second-order valence-electron chi connectivity index (χ2n) is 1.40. The van der Waals surface area contributed by atoms with Gasteiger partial charge in [0, 0.05) is 5.92 Å². The molecular weight excluding hydrogens is 128 g/mol. The summed E-state index contributed by atoms with van der Waals surface area (Å²) in [5, 5.41) is 9.99. The van der Waals surface area contributed by atoms with Gasteiger partial charge in [-0.2, -0.15) is 25.3 Å². The Kier molecular flexibility index (Phi) is 5.26. The Morgan fingerprint density at radius 1 is 1.29 bits per heavy atom. The van der Waals surface area contributed by atoms with Gasteiger partial charge >= 0.3 is 0 Å². The van der Waals surface area contributed by atoms with Crippen LogP contribution in [0.25, 0.3) is 0 Å². The van der Waals surface area contributed by atoms with Gasteiger partial charge in [0.1, 0.15) is 0 Å². The minimum atomic E-state index is -0.0486. The minimum absolute atomic E-state index is 0.0486. The molecule has 0 heterocycles. The van der Waals surface area contributed by atoms with Crippen LogP contribution in [0.3, 0.4) is 0 Å². The van der Waals surface area contributed by atoms with E-state index in [1.54, 1.807) is 0 Å². The summed E-state index contributed by atoms with van der Waals surface area (Å²) >= 11 is 7.85. The van der Waals surface area contributed by atoms with Crippen LogP contribution in [-0.2, 0) is 5.11 Å². The first-order valence-electron chi connectivity index (χ1n) is 2.15. The van der Waals surface area contributed by atoms with Gasteiger partial charge in [0.05, 0.1) is 6.61 Å². The number of hydrogen-bond acceptors (Lipinski definition) is 2. The van der Waals surface area contributed by atoms with Crippen molar-refractivity contribution in [1.82, 2.24) is 0 Å². The molecule has 0 N–H and O–H groups in total. The Balaban J connectivity index is 2.99. The lowest BCUT2D eigenvalue weighted by atomic mass is 10.2. The highest BCUT2D eigenvalue weighted by molar-refractivity contribution is 7.81. The van der Waals surface area contributed by atoms with Crippen molar-refractivity contribution in [2.75, 3.05) is 18.1 Å². The van der Waals surface area contributed by atoms with E-state index in [1.165, 1.54) is 0 Å². The summed E-state index contributed by atoms with van der Waals surface area (Å²) in [4.78, 5) is 0. The fourth-order valence-corrected chi connectivity index (χ4v) is 0.836. The predicted octanol–water partition coefficient (Wildman–Crippen LogP) is 0.893. The highest BCUT2D eigenvalue weighted by atomic mass is 32.1. The van der Waals surface area contributed by atoms with E-state index in [1.807, 2.05) is 0 Å². The van der Waals surface area contributed by atoms with Gasteiger partial charge in [0.25, 0.3) is 0 Å². The summed E-state index contributed by atoms with van der Waals surface area (Å²) in [6.07, 6.45) is 0. The van der Waals surface area contributed by atoms with Crippen molar-refractivity contribution in [1.29, 1.82) is 0 Å². The largest absolute Gasteiger partial charge is 0.236 e. The quantitative estimate of drug-likeness (QED) is 0.539. The Hall–Kier alpha value is 0.660. The van der Waals surface area contributed by atoms with Gasteiger partial charge in [0.15, 0.2) is 0 Å². The molecule has 1 radical (unpaired) electrons. The third-order valence-corrected chi connectivity index (χ3v) is 1.78. The van der Waals surface area contributed by atoms with Crippen LogP contribution in [-0.4, -0.2) is 18.1 Å². The first-order valence-corrected chi connectivity index (χ1v) is 3.41. The van der Waals surface area contributed by atoms with Crippen molar-refractivity contribution >= 4 is 25.3 Å². The van der Waals surface area contributed by atoms with Crippen LogP contribution in [0.4, 0.5) is 0 Å². The van der Waals surface area contributed by atoms with Gasteiger partial charge in [-0.15, -0.1) is 0 Å². The molecule has 0 spiro atoms. The highest BCUT2D eigenvalue weighted by Gasteiger charge is 1.99. The van der Waals surface area contributed by atoms with Gasteiger partial charge in [-0.1, -0.05) is 0 Å². The fraction of sp³-hybridized carbons (Fsp3) is 1.00. The molecule has 0 bridgehead atoms. The molecule has 43 valence electrons. The first-order chi connectivity index (χ1) is 3.35. The van der Waals surface area contributed by atoms with Crippen molar-refractivity contribution in [3.05, 3.63) is 0 Å². The minimum Gasteiger partial charge on any atom is -0.236 e. The normalized spacial score (nSPS) is 10.3. The molecule has 0 aliphatic rings. The van der Waals surface area contributed by atoms with E-state index < -0.39 is 0 Å². The van der Waals surface area contributed by atoms with E-state index in [9.17, 15) is 5.11 Å². The summed E-state index contributed by atoms with van der Waals surface area (Å²) in [6, 6.07) is 0. The molecule has 0 atom stereocenters. The number of hydrogen-bond donors (Lipinski definition) is 2. The lowest BCUT2D eigenvalue weighted by Gasteiger charge is -2.01. The molecule has 0 aliphatic carbocycles. The third-order valence-electron chi connectivity index (χ3n) is 0.752. The molecular formula is C4H9OS2. The summed E-state index contributed by atoms with van der Waals surface area (Å²) in [5.41, 5.74) is 0. The lowest BCUT2D eigenvalue weighted by Crippen LogP contribution is -2.07. The Labute approximate surface area is 54.9 Å². The van der Waals surface area contributed by atoms with Crippen LogP contribution in [0, 0.1) is 5.92 Å². The van der Waals surface area contributed by atoms with Crippen LogP contribution in [0.5, 0.6) is 0 Å². The lowest BCUT2D eigenvalue weighted by molar-refractivity contribution is 0.162. The maximum absolute atomic E-state index is 9.99. The van der Waals surface area contributed by atoms with Crippen molar-refractivity contribution in [2.24, 2.45) is 5.92 Å². The Morgan fingerprint density at radius 2 is 1.71 bits per heavy atom.